The van der Waals surface area contributed by atoms with Crippen molar-refractivity contribution in [3.05, 3.63) is 59.0 Å². The van der Waals surface area contributed by atoms with E-state index >= 15 is 0 Å². The number of nitrogens with zero attached hydrogens (tertiary/aromatic N) is 1. The molecule has 1 heterocycles. The number of rotatable bonds is 8. The molecule has 0 saturated carbocycles. The van der Waals surface area contributed by atoms with Crippen molar-refractivity contribution in [3.8, 4) is 23.0 Å². The van der Waals surface area contributed by atoms with Crippen molar-refractivity contribution in [1.82, 2.24) is 5.16 Å². The molecule has 0 aliphatic rings. The van der Waals surface area contributed by atoms with E-state index in [1.165, 1.54) is 21.3 Å². The Hall–Kier alpha value is -3.68. The van der Waals surface area contributed by atoms with Crippen LogP contribution < -0.4 is 24.3 Å². The normalized spacial score (nSPS) is 10.4. The standard InChI is InChI=1S/C22H24N2O6/c1-13-18(14(2)30-24-13)12-29-17-8-6-15(7-9-17)22(25)23-16-10-19(26-3)21(28-5)20(11-16)27-4/h6-11H,12H2,1-5H3,(H,23,25). The summed E-state index contributed by atoms with van der Waals surface area (Å²) in [4.78, 5) is 12.6. The summed E-state index contributed by atoms with van der Waals surface area (Å²) in [6.45, 7) is 4.05. The fourth-order valence-corrected chi connectivity index (χ4v) is 2.92. The highest BCUT2D eigenvalue weighted by atomic mass is 16.5. The van der Waals surface area contributed by atoms with Crippen LogP contribution in [-0.2, 0) is 6.61 Å². The molecule has 158 valence electrons. The van der Waals surface area contributed by atoms with Crippen LogP contribution in [0.4, 0.5) is 5.69 Å². The quantitative estimate of drug-likeness (QED) is 0.594. The average molecular weight is 412 g/mol. The summed E-state index contributed by atoms with van der Waals surface area (Å²) in [5, 5.41) is 6.74. The van der Waals surface area contributed by atoms with Crippen LogP contribution in [0.2, 0.25) is 0 Å². The second-order valence-electron chi connectivity index (χ2n) is 6.48. The van der Waals surface area contributed by atoms with Crippen molar-refractivity contribution in [1.29, 1.82) is 0 Å². The summed E-state index contributed by atoms with van der Waals surface area (Å²) in [6.07, 6.45) is 0. The van der Waals surface area contributed by atoms with Crippen LogP contribution in [-0.4, -0.2) is 32.4 Å². The Kier molecular flexibility index (Phi) is 6.46. The number of anilines is 1. The van der Waals surface area contributed by atoms with E-state index in [2.05, 4.69) is 10.5 Å². The van der Waals surface area contributed by atoms with E-state index in [-0.39, 0.29) is 5.91 Å². The molecule has 3 aromatic rings. The van der Waals surface area contributed by atoms with Crippen LogP contribution in [0.5, 0.6) is 23.0 Å². The van der Waals surface area contributed by atoms with Gasteiger partial charge in [-0.2, -0.15) is 0 Å². The summed E-state index contributed by atoms with van der Waals surface area (Å²) < 4.78 is 26.8. The monoisotopic (exact) mass is 412 g/mol. The maximum atomic E-state index is 12.6. The molecular formula is C22H24N2O6. The molecule has 30 heavy (non-hydrogen) atoms. The number of hydrogen-bond donors (Lipinski definition) is 1. The lowest BCUT2D eigenvalue weighted by atomic mass is 10.2. The number of aromatic nitrogens is 1. The fourth-order valence-electron chi connectivity index (χ4n) is 2.92. The molecular weight excluding hydrogens is 388 g/mol. The van der Waals surface area contributed by atoms with Crippen LogP contribution in [0.3, 0.4) is 0 Å². The SMILES string of the molecule is COc1cc(NC(=O)c2ccc(OCc3c(C)noc3C)cc2)cc(OC)c1OC. The van der Waals surface area contributed by atoms with Crippen LogP contribution in [0.15, 0.2) is 40.9 Å². The summed E-state index contributed by atoms with van der Waals surface area (Å²) in [6, 6.07) is 10.2. The third-order valence-corrected chi connectivity index (χ3v) is 4.60. The van der Waals surface area contributed by atoms with Gasteiger partial charge in [0.05, 0.1) is 32.6 Å². The van der Waals surface area contributed by atoms with Crippen molar-refractivity contribution >= 4 is 11.6 Å². The van der Waals surface area contributed by atoms with Gasteiger partial charge >= 0.3 is 0 Å². The number of aryl methyl sites for hydroxylation is 2. The Labute approximate surface area is 174 Å². The Balaban J connectivity index is 1.69. The van der Waals surface area contributed by atoms with E-state index in [0.29, 0.717) is 40.9 Å². The number of ether oxygens (including phenoxy) is 4. The molecule has 1 aromatic heterocycles. The molecule has 0 aliphatic carbocycles. The predicted molar refractivity (Wildman–Crippen MR) is 111 cm³/mol. The Bertz CT molecular complexity index is 982. The second kappa shape index (κ2) is 9.21. The zero-order chi connectivity index (χ0) is 21.7. The topological polar surface area (TPSA) is 92.1 Å². The number of benzene rings is 2. The number of nitrogens with one attached hydrogen (secondary N) is 1. The van der Waals surface area contributed by atoms with E-state index in [4.69, 9.17) is 23.5 Å². The van der Waals surface area contributed by atoms with Gasteiger partial charge in [0.25, 0.3) is 5.91 Å². The van der Waals surface area contributed by atoms with Gasteiger partial charge in [0.1, 0.15) is 18.1 Å². The zero-order valence-corrected chi connectivity index (χ0v) is 17.6. The van der Waals surface area contributed by atoms with E-state index in [9.17, 15) is 4.79 Å². The number of hydrogen-bond acceptors (Lipinski definition) is 7. The van der Waals surface area contributed by atoms with E-state index < -0.39 is 0 Å². The molecule has 0 bridgehead atoms. The highest BCUT2D eigenvalue weighted by Crippen LogP contribution is 2.40. The van der Waals surface area contributed by atoms with Gasteiger partial charge < -0.3 is 28.8 Å². The minimum atomic E-state index is -0.276. The summed E-state index contributed by atoms with van der Waals surface area (Å²) in [5.74, 6) is 2.46. The van der Waals surface area contributed by atoms with Gasteiger partial charge in [-0.3, -0.25) is 4.79 Å². The molecule has 2 aromatic carbocycles. The van der Waals surface area contributed by atoms with Crippen LogP contribution in [0, 0.1) is 13.8 Å². The molecule has 0 aliphatic heterocycles. The average Bonchev–Trinajstić information content (AvgIpc) is 3.09. The van der Waals surface area contributed by atoms with E-state index in [0.717, 1.165) is 17.0 Å². The lowest BCUT2D eigenvalue weighted by Gasteiger charge is -2.14. The molecule has 0 atom stereocenters. The van der Waals surface area contributed by atoms with Gasteiger partial charge in [-0.25, -0.2) is 0 Å². The van der Waals surface area contributed by atoms with Crippen LogP contribution in [0.25, 0.3) is 0 Å². The lowest BCUT2D eigenvalue weighted by Crippen LogP contribution is -2.12. The molecule has 0 radical (unpaired) electrons. The van der Waals surface area contributed by atoms with Gasteiger partial charge in [-0.1, -0.05) is 5.16 Å². The zero-order valence-electron chi connectivity index (χ0n) is 17.6. The van der Waals surface area contributed by atoms with E-state index in [1.807, 2.05) is 13.8 Å². The molecule has 8 nitrogen and oxygen atoms in total. The first-order valence-corrected chi connectivity index (χ1v) is 9.22. The molecule has 0 unspecified atom stereocenters. The first-order chi connectivity index (χ1) is 14.5. The number of carbonyl (C=O) groups excluding carboxylic acids is 1. The smallest absolute Gasteiger partial charge is 0.255 e. The Morgan fingerprint density at radius 1 is 1.00 bits per heavy atom. The molecule has 0 spiro atoms. The second-order valence-corrected chi connectivity index (χ2v) is 6.48. The van der Waals surface area contributed by atoms with E-state index in [1.54, 1.807) is 36.4 Å². The minimum Gasteiger partial charge on any atom is -0.493 e. The fraction of sp³-hybridized carbons (Fsp3) is 0.273. The predicted octanol–water partition coefficient (Wildman–Crippen LogP) is 4.15. The third kappa shape index (κ3) is 4.48. The molecule has 0 saturated heterocycles. The highest BCUT2D eigenvalue weighted by molar-refractivity contribution is 6.04. The Morgan fingerprint density at radius 3 is 2.13 bits per heavy atom. The molecule has 0 fully saturated rings. The maximum Gasteiger partial charge on any atom is 0.255 e. The number of carbonyl (C=O) groups is 1. The number of amides is 1. The van der Waals surface area contributed by atoms with Crippen molar-refractivity contribution in [3.63, 3.8) is 0 Å². The highest BCUT2D eigenvalue weighted by Gasteiger charge is 2.15. The van der Waals surface area contributed by atoms with Crippen molar-refractivity contribution in [2.45, 2.75) is 20.5 Å². The van der Waals surface area contributed by atoms with Crippen LogP contribution >= 0.6 is 0 Å². The molecule has 3 rings (SSSR count). The summed E-state index contributed by atoms with van der Waals surface area (Å²) in [5.41, 5.74) is 2.72. The summed E-state index contributed by atoms with van der Waals surface area (Å²) >= 11 is 0. The lowest BCUT2D eigenvalue weighted by molar-refractivity contribution is 0.102. The maximum absolute atomic E-state index is 12.6. The van der Waals surface area contributed by atoms with Gasteiger partial charge in [0.2, 0.25) is 5.75 Å². The van der Waals surface area contributed by atoms with Gasteiger partial charge in [0, 0.05) is 23.4 Å². The van der Waals surface area contributed by atoms with Crippen molar-refractivity contribution in [2.24, 2.45) is 0 Å². The molecule has 8 heteroatoms. The van der Waals surface area contributed by atoms with Crippen molar-refractivity contribution in [2.75, 3.05) is 26.6 Å². The first-order valence-electron chi connectivity index (χ1n) is 9.22. The minimum absolute atomic E-state index is 0.276. The Morgan fingerprint density at radius 2 is 1.63 bits per heavy atom. The largest absolute Gasteiger partial charge is 0.493 e. The third-order valence-electron chi connectivity index (χ3n) is 4.60. The molecule has 1 N–H and O–H groups in total. The first kappa shape index (κ1) is 21.0. The van der Waals surface area contributed by atoms with Crippen molar-refractivity contribution < 1.29 is 28.3 Å². The molecule has 1 amide bonds. The van der Waals surface area contributed by atoms with Gasteiger partial charge in [-0.05, 0) is 38.1 Å². The summed E-state index contributed by atoms with van der Waals surface area (Å²) in [7, 11) is 4.56. The number of methoxy groups -OCH3 is 3. The van der Waals surface area contributed by atoms with Crippen LogP contribution in [0.1, 0.15) is 27.4 Å². The van der Waals surface area contributed by atoms with Gasteiger partial charge in [-0.15, -0.1) is 0 Å². The van der Waals surface area contributed by atoms with Gasteiger partial charge in [0.15, 0.2) is 11.5 Å².